The molecule has 0 aromatic carbocycles. The molecule has 1 aromatic heterocycles. The monoisotopic (exact) mass is 248 g/mol. The largest absolute Gasteiger partial charge is 0.355 e. The van der Waals surface area contributed by atoms with Crippen molar-refractivity contribution in [3.8, 4) is 0 Å². The Morgan fingerprint density at radius 2 is 2.13 bits per heavy atom. The minimum Gasteiger partial charge on any atom is -0.355 e. The molecule has 0 bridgehead atoms. The third kappa shape index (κ3) is 3.80. The molecule has 0 fully saturated rings. The van der Waals surface area contributed by atoms with Gasteiger partial charge < -0.3 is 10.6 Å². The van der Waals surface area contributed by atoms with Crippen LogP contribution in [0.25, 0.3) is 0 Å². The number of nitrogens with zero attached hydrogens (tertiary/aromatic N) is 2. The van der Waals surface area contributed by atoms with E-state index in [-0.39, 0.29) is 21.9 Å². The van der Waals surface area contributed by atoms with E-state index in [9.17, 15) is 9.59 Å². The summed E-state index contributed by atoms with van der Waals surface area (Å²) in [6, 6.07) is 0. The van der Waals surface area contributed by atoms with Crippen molar-refractivity contribution in [2.24, 2.45) is 0 Å². The van der Waals surface area contributed by atoms with Gasteiger partial charge >= 0.3 is 0 Å². The highest BCUT2D eigenvalue weighted by Gasteiger charge is 2.12. The third-order valence-corrected chi connectivity index (χ3v) is 2.40. The lowest BCUT2D eigenvalue weighted by Crippen LogP contribution is -2.36. The summed E-state index contributed by atoms with van der Waals surface area (Å²) < 4.78 is 0.193. The van der Waals surface area contributed by atoms with E-state index in [4.69, 9.17) is 11.6 Å². The van der Waals surface area contributed by atoms with E-state index >= 15 is 0 Å². The summed E-state index contributed by atoms with van der Waals surface area (Å²) in [5, 5.41) is 12.1. The van der Waals surface area contributed by atoms with Crippen LogP contribution in [0.2, 0.25) is 4.47 Å². The van der Waals surface area contributed by atoms with Crippen LogP contribution < -0.4 is 10.6 Å². The standard InChI is InChI=1S/C7H9ClN4O2S/c1-2-9-4(13)3-10-5(14)6-11-12-7(8)15-6/h2-3H2,1H3,(H,9,13)(H,10,14). The Bertz CT molecular complexity index is 368. The first-order valence-corrected chi connectivity index (χ1v) is 5.36. The van der Waals surface area contributed by atoms with Crippen LogP contribution in [0.1, 0.15) is 16.7 Å². The first kappa shape index (κ1) is 11.9. The summed E-state index contributed by atoms with van der Waals surface area (Å²) in [5.41, 5.74) is 0. The van der Waals surface area contributed by atoms with Crippen LogP contribution in [0, 0.1) is 0 Å². The average molecular weight is 249 g/mol. The number of nitrogens with one attached hydrogen (secondary N) is 2. The molecule has 0 saturated carbocycles. The molecule has 6 nitrogen and oxygen atoms in total. The molecule has 1 rings (SSSR count). The Balaban J connectivity index is 2.40. The summed E-state index contributed by atoms with van der Waals surface area (Å²) >= 11 is 6.46. The van der Waals surface area contributed by atoms with Crippen molar-refractivity contribution in [2.45, 2.75) is 6.92 Å². The summed E-state index contributed by atoms with van der Waals surface area (Å²) in [5.74, 6) is -0.702. The Morgan fingerprint density at radius 3 is 2.67 bits per heavy atom. The summed E-state index contributed by atoms with van der Waals surface area (Å²) in [4.78, 5) is 22.3. The van der Waals surface area contributed by atoms with Gasteiger partial charge in [-0.3, -0.25) is 9.59 Å². The topological polar surface area (TPSA) is 84.0 Å². The van der Waals surface area contributed by atoms with Gasteiger partial charge in [0.15, 0.2) is 0 Å². The van der Waals surface area contributed by atoms with Crippen molar-refractivity contribution in [2.75, 3.05) is 13.1 Å². The predicted octanol–water partition coefficient (Wildman–Crippen LogP) is 0.0574. The Morgan fingerprint density at radius 1 is 1.40 bits per heavy atom. The lowest BCUT2D eigenvalue weighted by atomic mass is 10.5. The fourth-order valence-electron chi connectivity index (χ4n) is 0.793. The van der Waals surface area contributed by atoms with Gasteiger partial charge in [0.2, 0.25) is 15.4 Å². The molecule has 82 valence electrons. The van der Waals surface area contributed by atoms with E-state index in [1.807, 2.05) is 0 Å². The maximum absolute atomic E-state index is 11.3. The van der Waals surface area contributed by atoms with Gasteiger partial charge in [0, 0.05) is 6.54 Å². The fourth-order valence-corrected chi connectivity index (χ4v) is 1.54. The fraction of sp³-hybridized carbons (Fsp3) is 0.429. The minimum absolute atomic E-state index is 0.0795. The van der Waals surface area contributed by atoms with Crippen LogP contribution in [0.15, 0.2) is 0 Å². The summed E-state index contributed by atoms with van der Waals surface area (Å²) in [6.07, 6.45) is 0. The molecule has 0 radical (unpaired) electrons. The molecular weight excluding hydrogens is 240 g/mol. The number of likely N-dealkylation sites (N-methyl/N-ethyl adjacent to an activating group) is 1. The lowest BCUT2D eigenvalue weighted by molar-refractivity contribution is -0.120. The molecule has 0 atom stereocenters. The number of carbonyl (C=O) groups excluding carboxylic acids is 2. The quantitative estimate of drug-likeness (QED) is 0.789. The van der Waals surface area contributed by atoms with E-state index in [1.54, 1.807) is 6.92 Å². The van der Waals surface area contributed by atoms with Crippen molar-refractivity contribution >= 4 is 34.8 Å². The van der Waals surface area contributed by atoms with Gasteiger partial charge in [-0.2, -0.15) is 0 Å². The molecule has 15 heavy (non-hydrogen) atoms. The number of amides is 2. The highest BCUT2D eigenvalue weighted by Crippen LogP contribution is 2.14. The molecule has 0 spiro atoms. The van der Waals surface area contributed by atoms with Crippen molar-refractivity contribution < 1.29 is 9.59 Å². The molecule has 1 heterocycles. The zero-order valence-corrected chi connectivity index (χ0v) is 9.48. The Labute approximate surface area is 95.0 Å². The van der Waals surface area contributed by atoms with Crippen molar-refractivity contribution in [3.05, 3.63) is 9.47 Å². The molecule has 0 saturated heterocycles. The normalized spacial score (nSPS) is 9.73. The minimum atomic E-state index is -0.453. The summed E-state index contributed by atoms with van der Waals surface area (Å²) in [7, 11) is 0. The molecule has 0 aliphatic rings. The predicted molar refractivity (Wildman–Crippen MR) is 55.9 cm³/mol. The molecule has 0 aliphatic carbocycles. The van der Waals surface area contributed by atoms with Gasteiger partial charge in [-0.25, -0.2) is 0 Å². The zero-order valence-electron chi connectivity index (χ0n) is 7.91. The average Bonchev–Trinajstić information content (AvgIpc) is 2.62. The second kappa shape index (κ2) is 5.62. The molecule has 0 unspecified atom stereocenters. The highest BCUT2D eigenvalue weighted by atomic mass is 35.5. The zero-order chi connectivity index (χ0) is 11.3. The van der Waals surface area contributed by atoms with Crippen LogP contribution >= 0.6 is 22.9 Å². The van der Waals surface area contributed by atoms with Gasteiger partial charge in [-0.15, -0.1) is 10.2 Å². The second-order valence-corrected chi connectivity index (χ2v) is 4.06. The maximum Gasteiger partial charge on any atom is 0.282 e. The second-order valence-electron chi connectivity index (χ2n) is 2.50. The number of aromatic nitrogens is 2. The Hall–Kier alpha value is -1.21. The molecule has 8 heteroatoms. The smallest absolute Gasteiger partial charge is 0.282 e. The van der Waals surface area contributed by atoms with Gasteiger partial charge in [0.25, 0.3) is 5.91 Å². The third-order valence-electron chi connectivity index (χ3n) is 1.38. The van der Waals surface area contributed by atoms with Crippen molar-refractivity contribution in [3.63, 3.8) is 0 Å². The number of hydrogen-bond acceptors (Lipinski definition) is 5. The van der Waals surface area contributed by atoms with Gasteiger partial charge in [-0.05, 0) is 18.5 Å². The Kier molecular flexibility index (Phi) is 4.44. The molecule has 1 aromatic rings. The van der Waals surface area contributed by atoms with E-state index in [0.717, 1.165) is 11.3 Å². The van der Waals surface area contributed by atoms with E-state index < -0.39 is 5.91 Å². The first-order valence-electron chi connectivity index (χ1n) is 4.17. The number of halogens is 1. The lowest BCUT2D eigenvalue weighted by Gasteiger charge is -2.02. The van der Waals surface area contributed by atoms with Crippen LogP contribution in [-0.4, -0.2) is 35.1 Å². The van der Waals surface area contributed by atoms with Gasteiger partial charge in [0.05, 0.1) is 6.54 Å². The van der Waals surface area contributed by atoms with Crippen molar-refractivity contribution in [1.82, 2.24) is 20.8 Å². The molecular formula is C7H9ClN4O2S. The van der Waals surface area contributed by atoms with Crippen LogP contribution in [0.3, 0.4) is 0 Å². The van der Waals surface area contributed by atoms with Gasteiger partial charge in [0.1, 0.15) is 0 Å². The van der Waals surface area contributed by atoms with Crippen LogP contribution in [0.4, 0.5) is 0 Å². The van der Waals surface area contributed by atoms with Crippen LogP contribution in [0.5, 0.6) is 0 Å². The van der Waals surface area contributed by atoms with E-state index in [2.05, 4.69) is 20.8 Å². The van der Waals surface area contributed by atoms with E-state index in [0.29, 0.717) is 6.54 Å². The highest BCUT2D eigenvalue weighted by molar-refractivity contribution is 7.17. The molecule has 2 N–H and O–H groups in total. The van der Waals surface area contributed by atoms with Crippen molar-refractivity contribution in [1.29, 1.82) is 0 Å². The number of hydrogen-bond donors (Lipinski definition) is 2. The number of rotatable bonds is 4. The maximum atomic E-state index is 11.3. The van der Waals surface area contributed by atoms with Gasteiger partial charge in [-0.1, -0.05) is 11.3 Å². The SMILES string of the molecule is CCNC(=O)CNC(=O)c1nnc(Cl)s1. The molecule has 2 amide bonds. The first-order chi connectivity index (χ1) is 7.13. The molecule has 0 aliphatic heterocycles. The van der Waals surface area contributed by atoms with Crippen LogP contribution in [-0.2, 0) is 4.79 Å². The van der Waals surface area contributed by atoms with E-state index in [1.165, 1.54) is 0 Å². The number of carbonyl (C=O) groups is 2. The summed E-state index contributed by atoms with van der Waals surface area (Å²) in [6.45, 7) is 2.24.